The molecule has 1 aliphatic heterocycles. The molecule has 2 N–H and O–H groups in total. The Balaban J connectivity index is 1.66. The Morgan fingerprint density at radius 1 is 1.06 bits per heavy atom. The molecule has 0 unspecified atom stereocenters. The van der Waals surface area contributed by atoms with E-state index in [0.29, 0.717) is 16.5 Å². The van der Waals surface area contributed by atoms with Crippen LogP contribution in [0.3, 0.4) is 0 Å². The third-order valence-electron chi connectivity index (χ3n) is 5.85. The number of amides is 1. The van der Waals surface area contributed by atoms with Gasteiger partial charge in [0.25, 0.3) is 0 Å². The number of methoxy groups -OCH3 is 1. The van der Waals surface area contributed by atoms with Crippen molar-refractivity contribution in [3.05, 3.63) is 96.7 Å². The number of nitrogens with one attached hydrogen (secondary N) is 2. The first-order valence-electron chi connectivity index (χ1n) is 11.1. The van der Waals surface area contributed by atoms with Crippen LogP contribution in [0.25, 0.3) is 5.82 Å². The Morgan fingerprint density at radius 2 is 1.86 bits per heavy atom. The molecule has 0 spiro atoms. The zero-order chi connectivity index (χ0) is 24.4. The van der Waals surface area contributed by atoms with Gasteiger partial charge in [-0.05, 0) is 66.8 Å². The molecule has 9 heteroatoms. The molecule has 1 amide bonds. The highest BCUT2D eigenvalue weighted by Gasteiger charge is 2.42. The number of benzene rings is 1. The molecule has 176 valence electrons. The molecule has 35 heavy (non-hydrogen) atoms. The lowest BCUT2D eigenvalue weighted by atomic mass is 10.0. The molecule has 4 heterocycles. The highest BCUT2D eigenvalue weighted by molar-refractivity contribution is 7.80. The van der Waals surface area contributed by atoms with Gasteiger partial charge in [0.15, 0.2) is 5.11 Å². The van der Waals surface area contributed by atoms with Crippen molar-refractivity contribution in [1.29, 1.82) is 0 Å². The van der Waals surface area contributed by atoms with Crippen LogP contribution in [0.4, 0.5) is 11.4 Å². The molecule has 0 saturated carbocycles. The van der Waals surface area contributed by atoms with Gasteiger partial charge in [-0.25, -0.2) is 4.98 Å². The Kier molecular flexibility index (Phi) is 6.15. The van der Waals surface area contributed by atoms with Crippen LogP contribution in [0.15, 0.2) is 85.3 Å². The van der Waals surface area contributed by atoms with E-state index in [2.05, 4.69) is 31.2 Å². The van der Waals surface area contributed by atoms with Crippen molar-refractivity contribution >= 4 is 34.6 Å². The van der Waals surface area contributed by atoms with Gasteiger partial charge >= 0.3 is 0 Å². The maximum Gasteiger partial charge on any atom is 0.221 e. The van der Waals surface area contributed by atoms with Gasteiger partial charge in [0.2, 0.25) is 5.91 Å². The van der Waals surface area contributed by atoms with Crippen molar-refractivity contribution < 1.29 is 9.53 Å². The minimum absolute atomic E-state index is 0.186. The Bertz CT molecular complexity index is 1360. The summed E-state index contributed by atoms with van der Waals surface area (Å²) in [5.74, 6) is 1.19. The molecule has 4 aromatic rings. The van der Waals surface area contributed by atoms with E-state index in [9.17, 15) is 4.79 Å². The topological polar surface area (TPSA) is 84.3 Å². The summed E-state index contributed by atoms with van der Waals surface area (Å²) in [6.07, 6.45) is 5.54. The Morgan fingerprint density at radius 3 is 2.54 bits per heavy atom. The van der Waals surface area contributed by atoms with Gasteiger partial charge in [-0.3, -0.25) is 9.78 Å². The number of carbonyl (C=O) groups is 1. The minimum Gasteiger partial charge on any atom is -0.495 e. The van der Waals surface area contributed by atoms with Crippen molar-refractivity contribution in [1.82, 2.24) is 19.9 Å². The van der Waals surface area contributed by atoms with Crippen molar-refractivity contribution in [3.8, 4) is 11.6 Å². The third kappa shape index (κ3) is 4.33. The first-order chi connectivity index (χ1) is 17.1. The number of hydrogen-bond acceptors (Lipinski definition) is 5. The van der Waals surface area contributed by atoms with Crippen molar-refractivity contribution in [2.24, 2.45) is 0 Å². The van der Waals surface area contributed by atoms with Gasteiger partial charge in [-0.2, -0.15) is 0 Å². The van der Waals surface area contributed by atoms with E-state index in [-0.39, 0.29) is 18.0 Å². The number of aromatic nitrogens is 3. The number of pyridine rings is 2. The zero-order valence-electron chi connectivity index (χ0n) is 19.3. The third-order valence-corrected chi connectivity index (χ3v) is 6.16. The van der Waals surface area contributed by atoms with Crippen LogP contribution >= 0.6 is 12.2 Å². The van der Waals surface area contributed by atoms with Gasteiger partial charge in [0.1, 0.15) is 17.6 Å². The number of carbonyl (C=O) groups excluding carboxylic acids is 1. The predicted octanol–water partition coefficient (Wildman–Crippen LogP) is 4.41. The van der Waals surface area contributed by atoms with E-state index in [0.717, 1.165) is 22.9 Å². The maximum absolute atomic E-state index is 11.8. The van der Waals surface area contributed by atoms with Crippen LogP contribution in [-0.2, 0) is 4.79 Å². The molecule has 1 aromatic carbocycles. The summed E-state index contributed by atoms with van der Waals surface area (Å²) in [6.45, 7) is 1.47. The maximum atomic E-state index is 11.8. The number of nitrogens with zero attached hydrogens (tertiary/aromatic N) is 4. The van der Waals surface area contributed by atoms with Gasteiger partial charge in [-0.15, -0.1) is 0 Å². The van der Waals surface area contributed by atoms with E-state index in [1.165, 1.54) is 6.92 Å². The van der Waals surface area contributed by atoms with Gasteiger partial charge < -0.3 is 24.8 Å². The number of anilines is 2. The molecule has 0 aliphatic carbocycles. The Labute approximate surface area is 208 Å². The van der Waals surface area contributed by atoms with E-state index in [1.54, 1.807) is 19.5 Å². The number of hydrogen-bond donors (Lipinski definition) is 2. The van der Waals surface area contributed by atoms with Crippen LogP contribution in [-0.4, -0.2) is 32.7 Å². The largest absolute Gasteiger partial charge is 0.495 e. The second kappa shape index (κ2) is 9.55. The van der Waals surface area contributed by atoms with E-state index < -0.39 is 0 Å². The lowest BCUT2D eigenvalue weighted by Gasteiger charge is -2.29. The first-order valence-corrected chi connectivity index (χ1v) is 11.5. The number of ether oxygens (including phenoxy) is 1. The molecular formula is C26H24N6O2S. The lowest BCUT2D eigenvalue weighted by molar-refractivity contribution is -0.114. The average Bonchev–Trinajstić information content (AvgIpc) is 3.49. The lowest BCUT2D eigenvalue weighted by Crippen LogP contribution is -2.30. The van der Waals surface area contributed by atoms with E-state index in [4.69, 9.17) is 17.0 Å². The summed E-state index contributed by atoms with van der Waals surface area (Å²) in [5, 5.41) is 6.87. The van der Waals surface area contributed by atoms with Crippen LogP contribution in [0.2, 0.25) is 0 Å². The fourth-order valence-corrected chi connectivity index (χ4v) is 4.75. The quantitative estimate of drug-likeness (QED) is 0.392. The summed E-state index contributed by atoms with van der Waals surface area (Å²) >= 11 is 5.85. The fourth-order valence-electron chi connectivity index (χ4n) is 4.41. The monoisotopic (exact) mass is 484 g/mol. The van der Waals surface area contributed by atoms with Gasteiger partial charge in [0.05, 0.1) is 24.5 Å². The first kappa shape index (κ1) is 22.5. The zero-order valence-corrected chi connectivity index (χ0v) is 20.1. The standard InChI is InChI=1S/C26H24N6O2S/c1-17(33)29-20-16-18(11-12-22(20)34-2)32-25(24(30-26(32)35)19-8-3-5-13-27-19)21-9-7-15-31(21)23-10-4-6-14-28-23/h3-16,24-25H,1-2H3,(H,29,33)(H,30,35)/t24-,25+/m1/s1. The molecule has 0 radical (unpaired) electrons. The fraction of sp³-hybridized carbons (Fsp3) is 0.154. The minimum atomic E-state index is -0.243. The summed E-state index contributed by atoms with van der Waals surface area (Å²) in [4.78, 5) is 23.0. The summed E-state index contributed by atoms with van der Waals surface area (Å²) < 4.78 is 7.51. The summed E-state index contributed by atoms with van der Waals surface area (Å²) in [6, 6.07) is 20.9. The molecule has 3 aromatic heterocycles. The second-order valence-corrected chi connectivity index (χ2v) is 8.44. The average molecular weight is 485 g/mol. The highest BCUT2D eigenvalue weighted by Crippen LogP contribution is 2.43. The van der Waals surface area contributed by atoms with E-state index >= 15 is 0 Å². The molecule has 1 fully saturated rings. The molecule has 0 bridgehead atoms. The normalized spacial score (nSPS) is 17.2. The van der Waals surface area contributed by atoms with Crippen LogP contribution < -0.4 is 20.3 Å². The highest BCUT2D eigenvalue weighted by atomic mass is 32.1. The smallest absolute Gasteiger partial charge is 0.221 e. The summed E-state index contributed by atoms with van der Waals surface area (Å²) in [5.41, 5.74) is 3.24. The van der Waals surface area contributed by atoms with Crippen molar-refractivity contribution in [2.45, 2.75) is 19.0 Å². The number of rotatable bonds is 6. The summed E-state index contributed by atoms with van der Waals surface area (Å²) in [7, 11) is 1.57. The number of thiocarbonyl (C=S) groups is 1. The molecule has 1 saturated heterocycles. The molecule has 5 rings (SSSR count). The van der Waals surface area contributed by atoms with Crippen LogP contribution in [0.5, 0.6) is 5.75 Å². The molecule has 1 aliphatic rings. The molecule has 2 atom stereocenters. The predicted molar refractivity (Wildman–Crippen MR) is 139 cm³/mol. The van der Waals surface area contributed by atoms with Gasteiger partial charge in [-0.1, -0.05) is 12.1 Å². The van der Waals surface area contributed by atoms with Gasteiger partial charge in [0, 0.05) is 36.9 Å². The van der Waals surface area contributed by atoms with Crippen LogP contribution in [0, 0.1) is 0 Å². The SMILES string of the molecule is COc1ccc(N2C(=S)N[C@H](c3ccccn3)[C@@H]2c2cccn2-c2ccccn2)cc1NC(C)=O. The second-order valence-electron chi connectivity index (χ2n) is 8.05. The van der Waals surface area contributed by atoms with Crippen molar-refractivity contribution in [3.63, 3.8) is 0 Å². The van der Waals surface area contributed by atoms with E-state index in [1.807, 2.05) is 71.8 Å². The molecule has 8 nitrogen and oxygen atoms in total. The van der Waals surface area contributed by atoms with Crippen molar-refractivity contribution in [2.75, 3.05) is 17.3 Å². The Hall–Kier alpha value is -4.24. The van der Waals surface area contributed by atoms with Crippen LogP contribution in [0.1, 0.15) is 30.4 Å². The molecular weight excluding hydrogens is 460 g/mol.